The molecule has 0 spiro atoms. The van der Waals surface area contributed by atoms with Gasteiger partial charge in [0, 0.05) is 0 Å². The van der Waals surface area contributed by atoms with Crippen molar-refractivity contribution in [3.05, 3.63) is 127 Å². The van der Waals surface area contributed by atoms with Crippen LogP contribution >= 0.6 is 0 Å². The fourth-order valence-electron chi connectivity index (χ4n) is 5.14. The smallest absolute Gasteiger partial charge is 0.423 e. The lowest BCUT2D eigenvalue weighted by Crippen LogP contribution is -2.29. The van der Waals surface area contributed by atoms with Crippen molar-refractivity contribution in [2.75, 3.05) is 0 Å². The molecule has 37 heavy (non-hydrogen) atoms. The van der Waals surface area contributed by atoms with Gasteiger partial charge in [-0.15, -0.1) is 0 Å². The van der Waals surface area contributed by atoms with Crippen LogP contribution in [0.15, 0.2) is 121 Å². The Hall–Kier alpha value is -4.69. The summed E-state index contributed by atoms with van der Waals surface area (Å²) in [4.78, 5) is 0. The van der Waals surface area contributed by atoms with Crippen molar-refractivity contribution < 1.29 is 10.0 Å². The lowest BCUT2D eigenvalue weighted by Gasteiger charge is -2.18. The molecule has 0 heterocycles. The van der Waals surface area contributed by atoms with Crippen LogP contribution < -0.4 is 5.46 Å². The minimum atomic E-state index is -1.50. The van der Waals surface area contributed by atoms with Crippen LogP contribution in [-0.2, 0) is 0 Å². The molecule has 6 rings (SSSR count). The summed E-state index contributed by atoms with van der Waals surface area (Å²) in [6.45, 7) is 0. The van der Waals surface area contributed by atoms with E-state index in [1.54, 1.807) is 12.1 Å². The molecule has 0 fully saturated rings. The van der Waals surface area contributed by atoms with E-state index in [1.807, 2.05) is 48.5 Å². The second-order valence-electron chi connectivity index (χ2n) is 9.10. The number of nitriles is 1. The van der Waals surface area contributed by atoms with Crippen molar-refractivity contribution in [3.8, 4) is 39.4 Å². The standard InChI is InChI=1S/C33H22BNO2/c35-21-22-9-11-24(12-10-22)27-19-20-31(30-8-4-3-7-29(27)30)32-18-15-23-5-1-2-6-28(23)33(32)25-13-16-26(17-14-25)34(36)37/h1-20,36-37H. The Morgan fingerprint density at radius 3 is 1.76 bits per heavy atom. The molecule has 6 aromatic carbocycles. The maximum Gasteiger partial charge on any atom is 0.488 e. The molecule has 0 amide bonds. The van der Waals surface area contributed by atoms with Gasteiger partial charge in [0.15, 0.2) is 0 Å². The highest BCUT2D eigenvalue weighted by Gasteiger charge is 2.17. The van der Waals surface area contributed by atoms with Crippen LogP contribution in [0.5, 0.6) is 0 Å². The van der Waals surface area contributed by atoms with E-state index in [-0.39, 0.29) is 0 Å². The predicted octanol–water partition coefficient (Wildman–Crippen LogP) is 6.55. The summed E-state index contributed by atoms with van der Waals surface area (Å²) in [5.41, 5.74) is 7.64. The molecule has 2 N–H and O–H groups in total. The second-order valence-corrected chi connectivity index (χ2v) is 9.10. The fraction of sp³-hybridized carbons (Fsp3) is 0. The van der Waals surface area contributed by atoms with E-state index >= 15 is 0 Å². The van der Waals surface area contributed by atoms with E-state index in [4.69, 9.17) is 0 Å². The topological polar surface area (TPSA) is 64.2 Å². The molecule has 0 aliphatic heterocycles. The van der Waals surface area contributed by atoms with E-state index < -0.39 is 7.12 Å². The fourth-order valence-corrected chi connectivity index (χ4v) is 5.14. The Kier molecular flexibility index (Phi) is 5.79. The Morgan fingerprint density at radius 2 is 1.08 bits per heavy atom. The highest BCUT2D eigenvalue weighted by molar-refractivity contribution is 6.58. The minimum absolute atomic E-state index is 0.461. The van der Waals surface area contributed by atoms with Crippen molar-refractivity contribution >= 4 is 34.1 Å². The van der Waals surface area contributed by atoms with Gasteiger partial charge in [-0.05, 0) is 72.5 Å². The first kappa shape index (κ1) is 22.8. The zero-order chi connectivity index (χ0) is 25.4. The molecule has 174 valence electrons. The summed E-state index contributed by atoms with van der Waals surface area (Å²) in [6, 6.07) is 42.7. The molecule has 0 atom stereocenters. The van der Waals surface area contributed by atoms with Gasteiger partial charge in [0.2, 0.25) is 0 Å². The van der Waals surface area contributed by atoms with Gasteiger partial charge in [0.05, 0.1) is 11.6 Å². The highest BCUT2D eigenvalue weighted by Crippen LogP contribution is 2.42. The molecule has 0 aromatic heterocycles. The largest absolute Gasteiger partial charge is 0.488 e. The van der Waals surface area contributed by atoms with Gasteiger partial charge in [-0.2, -0.15) is 5.26 Å². The third-order valence-corrected chi connectivity index (χ3v) is 6.97. The van der Waals surface area contributed by atoms with Crippen LogP contribution in [0.1, 0.15) is 5.56 Å². The average Bonchev–Trinajstić information content (AvgIpc) is 2.96. The van der Waals surface area contributed by atoms with E-state index in [0.29, 0.717) is 11.0 Å². The van der Waals surface area contributed by atoms with Crippen molar-refractivity contribution in [3.63, 3.8) is 0 Å². The number of rotatable bonds is 4. The predicted molar refractivity (Wildman–Crippen MR) is 152 cm³/mol. The molecule has 0 radical (unpaired) electrons. The Morgan fingerprint density at radius 1 is 0.514 bits per heavy atom. The Bertz CT molecular complexity index is 1800. The molecular formula is C33H22BNO2. The minimum Gasteiger partial charge on any atom is -0.423 e. The molecule has 0 unspecified atom stereocenters. The molecular weight excluding hydrogens is 453 g/mol. The molecule has 4 heteroatoms. The Labute approximate surface area is 215 Å². The first-order valence-corrected chi connectivity index (χ1v) is 12.1. The van der Waals surface area contributed by atoms with Gasteiger partial charge in [0.25, 0.3) is 0 Å². The van der Waals surface area contributed by atoms with Crippen molar-refractivity contribution in [1.82, 2.24) is 0 Å². The Balaban J connectivity index is 1.61. The summed E-state index contributed by atoms with van der Waals surface area (Å²) >= 11 is 0. The van der Waals surface area contributed by atoms with Crippen molar-refractivity contribution in [1.29, 1.82) is 5.26 Å². The van der Waals surface area contributed by atoms with Crippen molar-refractivity contribution in [2.24, 2.45) is 0 Å². The number of hydrogen-bond acceptors (Lipinski definition) is 3. The number of nitrogens with zero attached hydrogens (tertiary/aromatic N) is 1. The van der Waals surface area contributed by atoms with Crippen LogP contribution in [0.4, 0.5) is 0 Å². The molecule has 0 aliphatic rings. The van der Waals surface area contributed by atoms with Gasteiger partial charge < -0.3 is 10.0 Å². The van der Waals surface area contributed by atoms with Gasteiger partial charge in [0.1, 0.15) is 0 Å². The quantitative estimate of drug-likeness (QED) is 0.285. The molecule has 0 bridgehead atoms. The highest BCUT2D eigenvalue weighted by atomic mass is 16.4. The first-order valence-electron chi connectivity index (χ1n) is 12.1. The van der Waals surface area contributed by atoms with Crippen molar-refractivity contribution in [2.45, 2.75) is 0 Å². The van der Waals surface area contributed by atoms with Gasteiger partial charge >= 0.3 is 7.12 Å². The third-order valence-electron chi connectivity index (χ3n) is 6.97. The summed E-state index contributed by atoms with van der Waals surface area (Å²) in [6.07, 6.45) is 0. The maximum absolute atomic E-state index is 9.60. The second kappa shape index (κ2) is 9.41. The van der Waals surface area contributed by atoms with Gasteiger partial charge in [-0.3, -0.25) is 0 Å². The average molecular weight is 475 g/mol. The summed E-state index contributed by atoms with van der Waals surface area (Å²) in [5.74, 6) is 0. The van der Waals surface area contributed by atoms with Crippen LogP contribution in [-0.4, -0.2) is 17.2 Å². The maximum atomic E-state index is 9.60. The number of benzene rings is 6. The lowest BCUT2D eigenvalue weighted by atomic mass is 9.79. The molecule has 0 saturated carbocycles. The summed E-state index contributed by atoms with van der Waals surface area (Å²) in [7, 11) is -1.50. The zero-order valence-corrected chi connectivity index (χ0v) is 20.0. The van der Waals surface area contributed by atoms with Crippen LogP contribution in [0.25, 0.3) is 54.9 Å². The van der Waals surface area contributed by atoms with Gasteiger partial charge in [-0.25, -0.2) is 0 Å². The van der Waals surface area contributed by atoms with Gasteiger partial charge in [-0.1, -0.05) is 109 Å². The number of fused-ring (bicyclic) bond motifs is 2. The molecule has 6 aromatic rings. The summed E-state index contributed by atoms with van der Waals surface area (Å²) < 4.78 is 0. The van der Waals surface area contributed by atoms with E-state index in [1.165, 1.54) is 0 Å². The zero-order valence-electron chi connectivity index (χ0n) is 20.0. The van der Waals surface area contributed by atoms with E-state index in [9.17, 15) is 15.3 Å². The molecule has 0 aliphatic carbocycles. The first-order chi connectivity index (χ1) is 18.1. The third kappa shape index (κ3) is 4.07. The number of hydrogen-bond donors (Lipinski definition) is 2. The van der Waals surface area contributed by atoms with Crippen LogP contribution in [0.2, 0.25) is 0 Å². The summed E-state index contributed by atoms with van der Waals surface area (Å²) in [5, 5.41) is 33.0. The molecule has 3 nitrogen and oxygen atoms in total. The van der Waals surface area contributed by atoms with E-state index in [0.717, 1.165) is 54.9 Å². The van der Waals surface area contributed by atoms with Crippen LogP contribution in [0.3, 0.4) is 0 Å². The van der Waals surface area contributed by atoms with E-state index in [2.05, 4.69) is 66.7 Å². The SMILES string of the molecule is N#Cc1ccc(-c2ccc(-c3ccc4ccccc4c3-c3ccc(B(O)O)cc3)c3ccccc23)cc1. The normalized spacial score (nSPS) is 10.9. The lowest BCUT2D eigenvalue weighted by molar-refractivity contribution is 0.426. The molecule has 0 saturated heterocycles. The monoisotopic (exact) mass is 475 g/mol. The van der Waals surface area contributed by atoms with Crippen LogP contribution in [0, 0.1) is 11.3 Å².